The molecule has 1 heterocycles. The average molecular weight is 657 g/mol. The largest absolute Gasteiger partial charge is 1.00 e. The summed E-state index contributed by atoms with van der Waals surface area (Å²) in [6.07, 6.45) is 0. The molecule has 0 fully saturated rings. The van der Waals surface area contributed by atoms with Crippen molar-refractivity contribution in [3.8, 4) is 11.5 Å². The third-order valence-corrected chi connectivity index (χ3v) is 6.81. The van der Waals surface area contributed by atoms with Crippen LogP contribution >= 0.6 is 11.6 Å². The van der Waals surface area contributed by atoms with Crippen LogP contribution in [0.25, 0.3) is 10.8 Å². The van der Waals surface area contributed by atoms with E-state index in [1.807, 2.05) is 0 Å². The number of benzene rings is 3. The van der Waals surface area contributed by atoms with Crippen molar-refractivity contribution >= 4 is 77.3 Å². The van der Waals surface area contributed by atoms with Gasteiger partial charge in [-0.1, -0.05) is 0 Å². The number of fused-ring (bicyclic) bond motifs is 1. The van der Waals surface area contributed by atoms with Gasteiger partial charge in [-0.05, 0) is 41.3 Å². The number of azo groups is 1. The molecular formula is C19H11ClN8Na2O10S2. The molecule has 0 saturated heterocycles. The molecule has 23 heteroatoms. The summed E-state index contributed by atoms with van der Waals surface area (Å²) in [5.41, 5.74) is 3.03. The number of nitrogens with zero attached hydrogens (tertiary/aromatic N) is 6. The number of nitro benzene ring substituents is 1. The molecule has 0 amide bonds. The number of nitrogens with two attached hydrogens (primary N) is 1. The van der Waals surface area contributed by atoms with Crippen molar-refractivity contribution in [1.29, 1.82) is 0 Å². The Labute approximate surface area is 284 Å². The Bertz CT molecular complexity index is 1960. The average Bonchev–Trinajstić information content (AvgIpc) is 2.82. The van der Waals surface area contributed by atoms with Crippen LogP contribution < -0.4 is 70.2 Å². The second-order valence-corrected chi connectivity index (χ2v) is 10.7. The maximum absolute atomic E-state index is 12.0. The van der Waals surface area contributed by atoms with Crippen molar-refractivity contribution in [2.75, 3.05) is 11.1 Å². The maximum Gasteiger partial charge on any atom is 1.00 e. The number of nitrogen functional groups attached to an aromatic ring is 1. The van der Waals surface area contributed by atoms with E-state index in [2.05, 4.69) is 30.5 Å². The van der Waals surface area contributed by atoms with E-state index in [0.29, 0.717) is 12.1 Å². The number of aromatic nitrogens is 3. The Morgan fingerprint density at radius 3 is 2.19 bits per heavy atom. The Hall–Kier alpha value is -2.76. The first kappa shape index (κ1) is 35.4. The van der Waals surface area contributed by atoms with Gasteiger partial charge in [-0.25, -0.2) is 16.8 Å². The summed E-state index contributed by atoms with van der Waals surface area (Å²) in [5.74, 6) is -2.48. The zero-order valence-corrected chi connectivity index (χ0v) is 27.5. The minimum atomic E-state index is -5.46. The molecule has 0 unspecified atom stereocenters. The maximum atomic E-state index is 12.0. The van der Waals surface area contributed by atoms with Crippen molar-refractivity contribution in [2.45, 2.75) is 9.79 Å². The van der Waals surface area contributed by atoms with Gasteiger partial charge in [-0.3, -0.25) is 10.1 Å². The molecule has 0 atom stereocenters. The van der Waals surface area contributed by atoms with Crippen molar-refractivity contribution in [2.24, 2.45) is 10.2 Å². The number of aromatic hydroxyl groups is 2. The molecule has 0 aliphatic heterocycles. The van der Waals surface area contributed by atoms with Gasteiger partial charge in [0.25, 0.3) is 5.69 Å². The van der Waals surface area contributed by atoms with Gasteiger partial charge in [0.15, 0.2) is 5.75 Å². The number of anilines is 3. The van der Waals surface area contributed by atoms with Crippen LogP contribution in [0.4, 0.5) is 34.6 Å². The number of hydrogen-bond donors (Lipinski definition) is 4. The Morgan fingerprint density at radius 1 is 0.952 bits per heavy atom. The van der Waals surface area contributed by atoms with Crippen molar-refractivity contribution < 1.29 is 100 Å². The predicted molar refractivity (Wildman–Crippen MR) is 133 cm³/mol. The summed E-state index contributed by atoms with van der Waals surface area (Å²) < 4.78 is 71.5. The summed E-state index contributed by atoms with van der Waals surface area (Å²) in [6, 6.07) is 4.63. The zero-order valence-electron chi connectivity index (χ0n) is 21.1. The summed E-state index contributed by atoms with van der Waals surface area (Å²) in [6.45, 7) is 0. The molecule has 1 aromatic heterocycles. The van der Waals surface area contributed by atoms with Crippen LogP contribution in [0.5, 0.6) is 11.5 Å². The first-order valence-corrected chi connectivity index (χ1v) is 13.3. The van der Waals surface area contributed by atoms with Crippen LogP contribution in [-0.2, 0) is 20.2 Å². The first-order chi connectivity index (χ1) is 18.5. The Morgan fingerprint density at radius 2 is 1.62 bits per heavy atom. The van der Waals surface area contributed by atoms with E-state index in [0.717, 1.165) is 24.3 Å². The Kier molecular flexibility index (Phi) is 11.2. The van der Waals surface area contributed by atoms with E-state index in [9.17, 15) is 46.3 Å². The molecule has 0 aliphatic carbocycles. The zero-order chi connectivity index (χ0) is 29.6. The van der Waals surface area contributed by atoms with Crippen LogP contribution in [0, 0.1) is 10.1 Å². The summed E-state index contributed by atoms with van der Waals surface area (Å²) in [5, 5.41) is 40.3. The van der Waals surface area contributed by atoms with E-state index in [-0.39, 0.29) is 65.1 Å². The van der Waals surface area contributed by atoms with E-state index in [4.69, 9.17) is 17.3 Å². The molecule has 0 spiro atoms. The van der Waals surface area contributed by atoms with Gasteiger partial charge in [0, 0.05) is 17.5 Å². The fraction of sp³-hybridized carbons (Fsp3) is 0. The molecule has 42 heavy (non-hydrogen) atoms. The van der Waals surface area contributed by atoms with Crippen molar-refractivity contribution in [3.63, 3.8) is 0 Å². The van der Waals surface area contributed by atoms with Crippen molar-refractivity contribution in [1.82, 2.24) is 15.0 Å². The SMILES string of the molecule is Nc1nc(Cl)nc(Nc2cc(S(=O)(=O)[O-])cc3cc(S(=O)(=O)[O-])c(N=Nc4cc([N+](=O)[O-])ccc4O)c(O)c23)n1.[Na+].[Na+]. The smallest absolute Gasteiger partial charge is 0.744 e. The molecule has 0 saturated carbocycles. The van der Waals surface area contributed by atoms with Gasteiger partial charge in [0.1, 0.15) is 37.4 Å². The van der Waals surface area contributed by atoms with Crippen LogP contribution in [0.1, 0.15) is 0 Å². The number of rotatable bonds is 7. The van der Waals surface area contributed by atoms with Crippen LogP contribution in [0.3, 0.4) is 0 Å². The van der Waals surface area contributed by atoms with E-state index in [1.54, 1.807) is 0 Å². The van der Waals surface area contributed by atoms with Crippen LogP contribution in [0.2, 0.25) is 5.28 Å². The predicted octanol–water partition coefficient (Wildman–Crippen LogP) is -3.44. The fourth-order valence-corrected chi connectivity index (χ4v) is 4.69. The van der Waals surface area contributed by atoms with Crippen LogP contribution in [-0.4, -0.2) is 56.0 Å². The van der Waals surface area contributed by atoms with Gasteiger partial charge in [-0.2, -0.15) is 15.0 Å². The molecule has 0 radical (unpaired) electrons. The number of non-ortho nitro benzene ring substituents is 1. The molecule has 0 aliphatic rings. The number of nitrogens with one attached hydrogen (secondary N) is 1. The second kappa shape index (κ2) is 13.3. The third kappa shape index (κ3) is 7.79. The first-order valence-electron chi connectivity index (χ1n) is 10.1. The minimum absolute atomic E-state index is 0. The number of halogens is 1. The van der Waals surface area contributed by atoms with Gasteiger partial charge in [0.05, 0.1) is 20.4 Å². The number of phenols is 2. The Balaban J connectivity index is 0.00000308. The standard InChI is InChI=1S/C19H13ClN8O10S2.2Na/c20-17-23-18(21)25-19(24-17)22-11-6-9(39(33,34)35)3-7-4-13(40(36,37)38)15(16(30)14(7)11)27-26-10-5-8(28(31)32)1-2-12(10)29;;/h1-6,29-30H,(H,33,34,35)(H,36,37,38)(H3,21,22,23,24,25);;/q;2*+1/p-2. The fourth-order valence-electron chi connectivity index (χ4n) is 3.34. The second-order valence-electron chi connectivity index (χ2n) is 7.59. The number of hydrogen-bond acceptors (Lipinski definition) is 17. The molecule has 4 aromatic rings. The van der Waals surface area contributed by atoms with Gasteiger partial charge >= 0.3 is 59.1 Å². The van der Waals surface area contributed by atoms with Crippen LogP contribution in [0.15, 0.2) is 56.4 Å². The van der Waals surface area contributed by atoms with E-state index >= 15 is 0 Å². The summed E-state index contributed by atoms with van der Waals surface area (Å²) in [4.78, 5) is 19.1. The normalized spacial score (nSPS) is 11.6. The third-order valence-electron chi connectivity index (χ3n) is 4.98. The van der Waals surface area contributed by atoms with Gasteiger partial charge < -0.3 is 30.4 Å². The molecule has 4 rings (SSSR count). The van der Waals surface area contributed by atoms with Gasteiger partial charge in [-0.15, -0.1) is 10.2 Å². The number of nitro groups is 1. The molecule has 208 valence electrons. The molecule has 5 N–H and O–H groups in total. The van der Waals surface area contributed by atoms with Crippen molar-refractivity contribution in [3.05, 3.63) is 51.8 Å². The molecule has 3 aromatic carbocycles. The monoisotopic (exact) mass is 656 g/mol. The van der Waals surface area contributed by atoms with E-state index in [1.165, 1.54) is 0 Å². The summed E-state index contributed by atoms with van der Waals surface area (Å²) in [7, 11) is -10.7. The van der Waals surface area contributed by atoms with E-state index < -0.39 is 91.2 Å². The topological polar surface area (TPSA) is 299 Å². The number of phenolic OH excluding ortho intramolecular Hbond substituents is 2. The summed E-state index contributed by atoms with van der Waals surface area (Å²) >= 11 is 5.74. The van der Waals surface area contributed by atoms with Gasteiger partial charge in [0.2, 0.25) is 17.2 Å². The minimum Gasteiger partial charge on any atom is -0.744 e. The molecule has 0 bridgehead atoms. The molecule has 18 nitrogen and oxygen atoms in total. The quantitative estimate of drug-likeness (QED) is 0.0494. The molecular weight excluding hydrogens is 646 g/mol.